The zero-order valence-corrected chi connectivity index (χ0v) is 10.4. The minimum absolute atomic E-state index is 0.118. The molecule has 0 radical (unpaired) electrons. The van der Waals surface area contributed by atoms with E-state index in [1.807, 2.05) is 28.8 Å². The molecule has 0 saturated carbocycles. The van der Waals surface area contributed by atoms with Crippen molar-refractivity contribution >= 4 is 10.9 Å². The molecule has 0 aliphatic carbocycles. The molecule has 1 aliphatic heterocycles. The largest absolute Gasteiger partial charge is 0.317 e. The summed E-state index contributed by atoms with van der Waals surface area (Å²) in [7, 11) is 0. The molecule has 1 aliphatic rings. The van der Waals surface area contributed by atoms with Crippen LogP contribution in [-0.4, -0.2) is 17.7 Å². The molecule has 3 nitrogen and oxygen atoms in total. The van der Waals surface area contributed by atoms with Gasteiger partial charge < -0.3 is 9.88 Å². The van der Waals surface area contributed by atoms with E-state index in [4.69, 9.17) is 0 Å². The molecule has 18 heavy (non-hydrogen) atoms. The molecule has 0 bridgehead atoms. The van der Waals surface area contributed by atoms with E-state index in [9.17, 15) is 4.79 Å². The minimum Gasteiger partial charge on any atom is -0.317 e. The molecule has 3 rings (SSSR count). The topological polar surface area (TPSA) is 34.0 Å². The number of fused-ring (bicyclic) bond motifs is 1. The molecule has 3 heteroatoms. The van der Waals surface area contributed by atoms with E-state index in [2.05, 4.69) is 11.4 Å². The van der Waals surface area contributed by atoms with Gasteiger partial charge in [0.15, 0.2) is 0 Å². The third-order valence-electron chi connectivity index (χ3n) is 3.80. The van der Waals surface area contributed by atoms with Crippen LogP contribution < -0.4 is 10.9 Å². The van der Waals surface area contributed by atoms with E-state index >= 15 is 0 Å². The first kappa shape index (κ1) is 11.5. The summed E-state index contributed by atoms with van der Waals surface area (Å²) in [6, 6.07) is 11.7. The predicted octanol–water partition coefficient (Wildman–Crippen LogP) is 2.00. The molecule has 94 valence electrons. The van der Waals surface area contributed by atoms with Crippen LogP contribution in [-0.2, 0) is 6.54 Å². The molecule has 1 fully saturated rings. The molecule has 2 aromatic rings. The Morgan fingerprint density at radius 3 is 2.72 bits per heavy atom. The van der Waals surface area contributed by atoms with Crippen molar-refractivity contribution in [2.24, 2.45) is 5.92 Å². The second kappa shape index (κ2) is 4.94. The quantitative estimate of drug-likeness (QED) is 0.874. The third kappa shape index (κ3) is 2.18. The maximum Gasteiger partial charge on any atom is 0.251 e. The van der Waals surface area contributed by atoms with Crippen molar-refractivity contribution in [2.75, 3.05) is 13.1 Å². The SMILES string of the molecule is O=c1ccc2ccccc2n1CC1CCNCC1. The normalized spacial score (nSPS) is 17.1. The lowest BCUT2D eigenvalue weighted by Crippen LogP contribution is -2.32. The zero-order valence-electron chi connectivity index (χ0n) is 10.4. The van der Waals surface area contributed by atoms with Crippen LogP contribution in [0.25, 0.3) is 10.9 Å². The van der Waals surface area contributed by atoms with Crippen molar-refractivity contribution in [2.45, 2.75) is 19.4 Å². The average molecular weight is 242 g/mol. The number of hydrogen-bond acceptors (Lipinski definition) is 2. The number of nitrogens with one attached hydrogen (secondary N) is 1. The summed E-state index contributed by atoms with van der Waals surface area (Å²) >= 11 is 0. The summed E-state index contributed by atoms with van der Waals surface area (Å²) in [5.74, 6) is 0.620. The number of piperidine rings is 1. The second-order valence-corrected chi connectivity index (χ2v) is 5.03. The minimum atomic E-state index is 0.118. The van der Waals surface area contributed by atoms with Gasteiger partial charge in [0.05, 0.1) is 5.52 Å². The van der Waals surface area contributed by atoms with Crippen LogP contribution in [0.3, 0.4) is 0 Å². The van der Waals surface area contributed by atoms with Crippen molar-refractivity contribution in [3.8, 4) is 0 Å². The van der Waals surface area contributed by atoms with Crippen LogP contribution in [0, 0.1) is 5.92 Å². The number of pyridine rings is 1. The van der Waals surface area contributed by atoms with Gasteiger partial charge in [0.25, 0.3) is 5.56 Å². The molecule has 0 spiro atoms. The summed E-state index contributed by atoms with van der Waals surface area (Å²) in [6.07, 6.45) is 2.32. The standard InChI is InChI=1S/C15H18N2O/c18-15-6-5-13-3-1-2-4-14(13)17(15)11-12-7-9-16-10-8-12/h1-6,12,16H,7-11H2. The first-order valence-corrected chi connectivity index (χ1v) is 6.64. The Hall–Kier alpha value is -1.61. The lowest BCUT2D eigenvalue weighted by molar-refractivity contribution is 0.334. The third-order valence-corrected chi connectivity index (χ3v) is 3.80. The molecule has 1 aromatic carbocycles. The Labute approximate surface area is 106 Å². The van der Waals surface area contributed by atoms with Crippen LogP contribution in [0.5, 0.6) is 0 Å². The summed E-state index contributed by atoms with van der Waals surface area (Å²) in [5, 5.41) is 4.51. The smallest absolute Gasteiger partial charge is 0.251 e. The molecule has 2 heterocycles. The number of aromatic nitrogens is 1. The average Bonchev–Trinajstić information content (AvgIpc) is 2.43. The van der Waals surface area contributed by atoms with Gasteiger partial charge in [-0.2, -0.15) is 0 Å². The number of nitrogens with zero attached hydrogens (tertiary/aromatic N) is 1. The number of para-hydroxylation sites is 1. The number of hydrogen-bond donors (Lipinski definition) is 1. The van der Waals surface area contributed by atoms with Gasteiger partial charge in [0.1, 0.15) is 0 Å². The fourth-order valence-corrected chi connectivity index (χ4v) is 2.75. The monoisotopic (exact) mass is 242 g/mol. The fraction of sp³-hybridized carbons (Fsp3) is 0.400. The van der Waals surface area contributed by atoms with Crippen LogP contribution >= 0.6 is 0 Å². The molecule has 0 amide bonds. The van der Waals surface area contributed by atoms with Crippen LogP contribution in [0.15, 0.2) is 41.2 Å². The van der Waals surface area contributed by atoms with Gasteiger partial charge in [-0.3, -0.25) is 4.79 Å². The van der Waals surface area contributed by atoms with E-state index in [-0.39, 0.29) is 5.56 Å². The Bertz CT molecular complexity index is 597. The summed E-state index contributed by atoms with van der Waals surface area (Å²) in [5.41, 5.74) is 1.18. The van der Waals surface area contributed by atoms with E-state index in [1.54, 1.807) is 6.07 Å². The van der Waals surface area contributed by atoms with Gasteiger partial charge >= 0.3 is 0 Å². The van der Waals surface area contributed by atoms with Gasteiger partial charge in [-0.25, -0.2) is 0 Å². The highest BCUT2D eigenvalue weighted by Crippen LogP contribution is 2.17. The van der Waals surface area contributed by atoms with Crippen molar-refractivity contribution in [1.82, 2.24) is 9.88 Å². The highest BCUT2D eigenvalue weighted by molar-refractivity contribution is 5.78. The highest BCUT2D eigenvalue weighted by atomic mass is 16.1. The number of benzene rings is 1. The molecule has 0 atom stereocenters. The zero-order chi connectivity index (χ0) is 12.4. The first-order valence-electron chi connectivity index (χ1n) is 6.64. The molecule has 0 unspecified atom stereocenters. The van der Waals surface area contributed by atoms with Crippen molar-refractivity contribution in [1.29, 1.82) is 0 Å². The van der Waals surface area contributed by atoms with Crippen LogP contribution in [0.4, 0.5) is 0 Å². The maximum atomic E-state index is 12.1. The van der Waals surface area contributed by atoms with Crippen molar-refractivity contribution in [3.05, 3.63) is 46.8 Å². The summed E-state index contributed by atoms with van der Waals surface area (Å²) in [4.78, 5) is 12.1. The molecule has 1 aromatic heterocycles. The van der Waals surface area contributed by atoms with E-state index < -0.39 is 0 Å². The Morgan fingerprint density at radius 2 is 1.89 bits per heavy atom. The van der Waals surface area contributed by atoms with Crippen molar-refractivity contribution < 1.29 is 0 Å². The van der Waals surface area contributed by atoms with E-state index in [0.717, 1.165) is 43.4 Å². The molecular formula is C15H18N2O. The molecule has 1 N–H and O–H groups in total. The highest BCUT2D eigenvalue weighted by Gasteiger charge is 2.15. The van der Waals surface area contributed by atoms with Gasteiger partial charge in [0, 0.05) is 12.6 Å². The van der Waals surface area contributed by atoms with Gasteiger partial charge in [-0.15, -0.1) is 0 Å². The van der Waals surface area contributed by atoms with Gasteiger partial charge in [0.2, 0.25) is 0 Å². The first-order chi connectivity index (χ1) is 8.84. The van der Waals surface area contributed by atoms with Crippen molar-refractivity contribution in [3.63, 3.8) is 0 Å². The Morgan fingerprint density at radius 1 is 1.11 bits per heavy atom. The van der Waals surface area contributed by atoms with E-state index in [0.29, 0.717) is 5.92 Å². The second-order valence-electron chi connectivity index (χ2n) is 5.03. The summed E-state index contributed by atoms with van der Waals surface area (Å²) in [6.45, 7) is 3.00. The predicted molar refractivity (Wildman–Crippen MR) is 73.8 cm³/mol. The summed E-state index contributed by atoms with van der Waals surface area (Å²) < 4.78 is 1.94. The lowest BCUT2D eigenvalue weighted by Gasteiger charge is -2.24. The Balaban J connectivity index is 1.99. The van der Waals surface area contributed by atoms with Gasteiger partial charge in [-0.05, 0) is 49.4 Å². The maximum absolute atomic E-state index is 12.1. The lowest BCUT2D eigenvalue weighted by atomic mass is 9.98. The fourth-order valence-electron chi connectivity index (χ4n) is 2.75. The number of rotatable bonds is 2. The molecule has 1 saturated heterocycles. The van der Waals surface area contributed by atoms with E-state index in [1.165, 1.54) is 0 Å². The van der Waals surface area contributed by atoms with Crippen LogP contribution in [0.1, 0.15) is 12.8 Å². The Kier molecular flexibility index (Phi) is 3.15. The van der Waals surface area contributed by atoms with Gasteiger partial charge in [-0.1, -0.05) is 18.2 Å². The molecular weight excluding hydrogens is 224 g/mol. The van der Waals surface area contributed by atoms with Crippen LogP contribution in [0.2, 0.25) is 0 Å².